The zero-order chi connectivity index (χ0) is 15.5. The fourth-order valence-corrected chi connectivity index (χ4v) is 2.45. The van der Waals surface area contributed by atoms with E-state index < -0.39 is 0 Å². The van der Waals surface area contributed by atoms with Crippen molar-refractivity contribution in [2.24, 2.45) is 0 Å². The standard InChI is InChI=1S/C17H23N3O2/c1-12(2)20-10-14(8-19-20)13(3)18-9-15-11-21-16-6-4-5-7-17(16)22-15/h4-8,10,12-13,15,18H,9,11H2,1-3H3. The number of aromatic nitrogens is 2. The molecule has 1 aromatic carbocycles. The van der Waals surface area contributed by atoms with Gasteiger partial charge in [0.05, 0.1) is 6.20 Å². The highest BCUT2D eigenvalue weighted by atomic mass is 16.6. The fraction of sp³-hybridized carbons (Fsp3) is 0.471. The summed E-state index contributed by atoms with van der Waals surface area (Å²) in [5.41, 5.74) is 1.19. The van der Waals surface area contributed by atoms with Gasteiger partial charge in [-0.3, -0.25) is 4.68 Å². The van der Waals surface area contributed by atoms with Crippen LogP contribution in [0.1, 0.15) is 38.4 Å². The van der Waals surface area contributed by atoms with Gasteiger partial charge >= 0.3 is 0 Å². The van der Waals surface area contributed by atoms with Crippen LogP contribution in [0, 0.1) is 0 Å². The molecule has 22 heavy (non-hydrogen) atoms. The Hall–Kier alpha value is -2.01. The Balaban J connectivity index is 1.54. The van der Waals surface area contributed by atoms with E-state index in [0.29, 0.717) is 12.6 Å². The third-order valence-electron chi connectivity index (χ3n) is 3.87. The third kappa shape index (κ3) is 3.25. The van der Waals surface area contributed by atoms with Crippen LogP contribution in [0.4, 0.5) is 0 Å². The minimum atomic E-state index is 0.0255. The van der Waals surface area contributed by atoms with E-state index in [0.717, 1.165) is 18.0 Å². The molecule has 2 atom stereocenters. The molecule has 0 amide bonds. The van der Waals surface area contributed by atoms with Gasteiger partial charge in [0.25, 0.3) is 0 Å². The first kappa shape index (κ1) is 14.9. The Bertz CT molecular complexity index is 624. The van der Waals surface area contributed by atoms with Crippen LogP contribution in [0.5, 0.6) is 11.5 Å². The van der Waals surface area contributed by atoms with Gasteiger partial charge in [-0.15, -0.1) is 0 Å². The average molecular weight is 301 g/mol. The zero-order valence-corrected chi connectivity index (χ0v) is 13.3. The molecule has 2 unspecified atom stereocenters. The van der Waals surface area contributed by atoms with Gasteiger partial charge in [-0.1, -0.05) is 12.1 Å². The highest BCUT2D eigenvalue weighted by Gasteiger charge is 2.21. The number of para-hydroxylation sites is 2. The number of nitrogens with zero attached hydrogens (tertiary/aromatic N) is 2. The monoisotopic (exact) mass is 301 g/mol. The lowest BCUT2D eigenvalue weighted by Crippen LogP contribution is -2.39. The van der Waals surface area contributed by atoms with Crippen LogP contribution in [0.2, 0.25) is 0 Å². The van der Waals surface area contributed by atoms with Gasteiger partial charge in [0, 0.05) is 30.4 Å². The minimum Gasteiger partial charge on any atom is -0.486 e. The fourth-order valence-electron chi connectivity index (χ4n) is 2.45. The predicted molar refractivity (Wildman–Crippen MR) is 85.4 cm³/mol. The molecule has 0 spiro atoms. The van der Waals surface area contributed by atoms with Crippen molar-refractivity contribution in [2.75, 3.05) is 13.2 Å². The predicted octanol–water partition coefficient (Wildman–Crippen LogP) is 2.95. The summed E-state index contributed by atoms with van der Waals surface area (Å²) >= 11 is 0. The van der Waals surface area contributed by atoms with Crippen LogP contribution < -0.4 is 14.8 Å². The topological polar surface area (TPSA) is 48.3 Å². The summed E-state index contributed by atoms with van der Waals surface area (Å²) in [6.45, 7) is 7.70. The number of ether oxygens (including phenoxy) is 2. The first-order chi connectivity index (χ1) is 10.6. The van der Waals surface area contributed by atoms with E-state index in [-0.39, 0.29) is 12.1 Å². The highest BCUT2D eigenvalue weighted by Crippen LogP contribution is 2.30. The van der Waals surface area contributed by atoms with E-state index in [1.807, 2.05) is 35.1 Å². The number of rotatable bonds is 5. The second-order valence-corrected chi connectivity index (χ2v) is 5.97. The summed E-state index contributed by atoms with van der Waals surface area (Å²) in [5, 5.41) is 7.88. The second kappa shape index (κ2) is 6.40. The Morgan fingerprint density at radius 3 is 2.77 bits per heavy atom. The van der Waals surface area contributed by atoms with E-state index in [9.17, 15) is 0 Å². The van der Waals surface area contributed by atoms with Crippen molar-refractivity contribution in [3.05, 3.63) is 42.2 Å². The number of benzene rings is 1. The number of hydrogen-bond acceptors (Lipinski definition) is 4. The molecule has 5 heteroatoms. The molecule has 118 valence electrons. The van der Waals surface area contributed by atoms with Crippen LogP contribution in [0.15, 0.2) is 36.7 Å². The SMILES string of the molecule is CC(NCC1COc2ccccc2O1)c1cnn(C(C)C)c1. The van der Waals surface area contributed by atoms with Crippen molar-refractivity contribution in [1.82, 2.24) is 15.1 Å². The average Bonchev–Trinajstić information content (AvgIpc) is 3.03. The zero-order valence-electron chi connectivity index (χ0n) is 13.3. The van der Waals surface area contributed by atoms with Gasteiger partial charge in [-0.2, -0.15) is 5.10 Å². The van der Waals surface area contributed by atoms with Crippen molar-refractivity contribution >= 4 is 0 Å². The van der Waals surface area contributed by atoms with Gasteiger partial charge in [0.2, 0.25) is 0 Å². The molecule has 2 heterocycles. The molecule has 0 bridgehead atoms. The quantitative estimate of drug-likeness (QED) is 0.922. The third-order valence-corrected chi connectivity index (χ3v) is 3.87. The molecule has 1 N–H and O–H groups in total. The van der Waals surface area contributed by atoms with Crippen LogP contribution in [0.3, 0.4) is 0 Å². The Kier molecular flexibility index (Phi) is 4.34. The van der Waals surface area contributed by atoms with Crippen LogP contribution >= 0.6 is 0 Å². The summed E-state index contributed by atoms with van der Waals surface area (Å²) in [6.07, 6.45) is 4.04. The molecule has 1 aliphatic heterocycles. The van der Waals surface area contributed by atoms with E-state index >= 15 is 0 Å². The maximum absolute atomic E-state index is 5.95. The lowest BCUT2D eigenvalue weighted by atomic mass is 10.2. The van der Waals surface area contributed by atoms with Gasteiger partial charge in [-0.05, 0) is 32.9 Å². The van der Waals surface area contributed by atoms with Crippen molar-refractivity contribution in [2.45, 2.75) is 39.0 Å². The Morgan fingerprint density at radius 1 is 1.27 bits per heavy atom. The number of nitrogens with one attached hydrogen (secondary N) is 1. The first-order valence-corrected chi connectivity index (χ1v) is 7.79. The molecule has 1 aliphatic rings. The molecule has 0 saturated heterocycles. The maximum Gasteiger partial charge on any atom is 0.161 e. The highest BCUT2D eigenvalue weighted by molar-refractivity contribution is 5.40. The lowest BCUT2D eigenvalue weighted by molar-refractivity contribution is 0.0886. The molecular formula is C17H23N3O2. The smallest absolute Gasteiger partial charge is 0.161 e. The van der Waals surface area contributed by atoms with E-state index in [4.69, 9.17) is 9.47 Å². The molecule has 0 saturated carbocycles. The van der Waals surface area contributed by atoms with Gasteiger partial charge < -0.3 is 14.8 Å². The van der Waals surface area contributed by atoms with Crippen molar-refractivity contribution < 1.29 is 9.47 Å². The number of fused-ring (bicyclic) bond motifs is 1. The van der Waals surface area contributed by atoms with Crippen molar-refractivity contribution in [3.8, 4) is 11.5 Å². The largest absolute Gasteiger partial charge is 0.486 e. The van der Waals surface area contributed by atoms with Crippen LogP contribution in [0.25, 0.3) is 0 Å². The molecule has 0 fully saturated rings. The molecule has 2 aromatic rings. The van der Waals surface area contributed by atoms with Crippen molar-refractivity contribution in [3.63, 3.8) is 0 Å². The van der Waals surface area contributed by atoms with Crippen LogP contribution in [-0.2, 0) is 0 Å². The van der Waals surface area contributed by atoms with Crippen LogP contribution in [-0.4, -0.2) is 29.0 Å². The molecule has 1 aromatic heterocycles. The molecule has 0 aliphatic carbocycles. The Labute approximate surface area is 131 Å². The van der Waals surface area contributed by atoms with E-state index in [2.05, 4.69) is 37.4 Å². The minimum absolute atomic E-state index is 0.0255. The molecule has 3 rings (SSSR count). The molecule has 0 radical (unpaired) electrons. The van der Waals surface area contributed by atoms with E-state index in [1.165, 1.54) is 5.56 Å². The van der Waals surface area contributed by atoms with E-state index in [1.54, 1.807) is 0 Å². The normalized spacial score (nSPS) is 18.5. The summed E-state index contributed by atoms with van der Waals surface area (Å²) in [5.74, 6) is 1.64. The summed E-state index contributed by atoms with van der Waals surface area (Å²) in [7, 11) is 0. The van der Waals surface area contributed by atoms with Gasteiger partial charge in [-0.25, -0.2) is 0 Å². The Morgan fingerprint density at radius 2 is 2.05 bits per heavy atom. The lowest BCUT2D eigenvalue weighted by Gasteiger charge is -2.27. The first-order valence-electron chi connectivity index (χ1n) is 7.79. The number of hydrogen-bond donors (Lipinski definition) is 1. The van der Waals surface area contributed by atoms with Crippen molar-refractivity contribution in [1.29, 1.82) is 0 Å². The maximum atomic E-state index is 5.95. The summed E-state index contributed by atoms with van der Waals surface area (Å²) < 4.78 is 13.7. The molecule has 5 nitrogen and oxygen atoms in total. The van der Waals surface area contributed by atoms with Gasteiger partial charge in [0.1, 0.15) is 12.7 Å². The van der Waals surface area contributed by atoms with Gasteiger partial charge in [0.15, 0.2) is 11.5 Å². The molecular weight excluding hydrogens is 278 g/mol. The summed E-state index contributed by atoms with van der Waals surface area (Å²) in [6, 6.07) is 8.40. The summed E-state index contributed by atoms with van der Waals surface area (Å²) in [4.78, 5) is 0. The second-order valence-electron chi connectivity index (χ2n) is 5.97.